The number of rotatable bonds is 3. The summed E-state index contributed by atoms with van der Waals surface area (Å²) in [5.41, 5.74) is 2.31. The van der Waals surface area contributed by atoms with Gasteiger partial charge in [0.05, 0.1) is 11.0 Å². The molecule has 2 heterocycles. The third-order valence-corrected chi connectivity index (χ3v) is 4.74. The van der Waals surface area contributed by atoms with Crippen LogP contribution < -0.4 is 11.3 Å². The fourth-order valence-corrected chi connectivity index (χ4v) is 3.47. The molecule has 1 saturated heterocycles. The SMILES string of the molecule is NNc1cc(S(=O)(=O)N2CCCC(O)C2)ccn1. The Bertz CT molecular complexity index is 520. The van der Waals surface area contributed by atoms with E-state index in [0.29, 0.717) is 19.4 Å². The fraction of sp³-hybridized carbons (Fsp3) is 0.500. The predicted molar refractivity (Wildman–Crippen MR) is 66.0 cm³/mol. The number of nitrogens with two attached hydrogens (primary N) is 1. The first-order valence-corrected chi connectivity index (χ1v) is 7.09. The van der Waals surface area contributed by atoms with Gasteiger partial charge in [-0.25, -0.2) is 19.2 Å². The number of nitrogens with zero attached hydrogens (tertiary/aromatic N) is 2. The number of nitrogen functional groups attached to an aromatic ring is 1. The van der Waals surface area contributed by atoms with Crippen molar-refractivity contribution in [3.05, 3.63) is 18.3 Å². The standard InChI is InChI=1S/C10H16N4O3S/c11-13-10-6-9(3-4-12-10)18(16,17)14-5-1-2-8(15)7-14/h3-4,6,8,15H,1-2,5,7,11H2,(H,12,13). The second kappa shape index (κ2) is 5.19. The fourth-order valence-electron chi connectivity index (χ4n) is 1.94. The van der Waals surface area contributed by atoms with Crippen molar-refractivity contribution in [3.63, 3.8) is 0 Å². The van der Waals surface area contributed by atoms with Crippen LogP contribution in [0.2, 0.25) is 0 Å². The van der Waals surface area contributed by atoms with Crippen molar-refractivity contribution in [1.29, 1.82) is 0 Å². The van der Waals surface area contributed by atoms with Gasteiger partial charge in [0.15, 0.2) is 0 Å². The van der Waals surface area contributed by atoms with Crippen molar-refractivity contribution in [3.8, 4) is 0 Å². The predicted octanol–water partition coefficient (Wildman–Crippen LogP) is -0.487. The van der Waals surface area contributed by atoms with E-state index in [4.69, 9.17) is 5.84 Å². The molecule has 0 aromatic carbocycles. The molecule has 0 saturated carbocycles. The summed E-state index contributed by atoms with van der Waals surface area (Å²) in [6.45, 7) is 0.559. The van der Waals surface area contributed by atoms with Gasteiger partial charge in [0.25, 0.3) is 0 Å². The Hall–Kier alpha value is -1.22. The molecule has 18 heavy (non-hydrogen) atoms. The van der Waals surface area contributed by atoms with Gasteiger partial charge in [-0.15, -0.1) is 0 Å². The first-order valence-electron chi connectivity index (χ1n) is 5.65. The van der Waals surface area contributed by atoms with Crippen molar-refractivity contribution in [2.75, 3.05) is 18.5 Å². The molecule has 2 rings (SSSR count). The maximum absolute atomic E-state index is 12.3. The van der Waals surface area contributed by atoms with Gasteiger partial charge in [0, 0.05) is 25.4 Å². The molecular formula is C10H16N4O3S. The van der Waals surface area contributed by atoms with Crippen LogP contribution in [0.1, 0.15) is 12.8 Å². The largest absolute Gasteiger partial charge is 0.392 e. The van der Waals surface area contributed by atoms with Crippen molar-refractivity contribution >= 4 is 15.8 Å². The smallest absolute Gasteiger partial charge is 0.243 e. The molecule has 100 valence electrons. The summed E-state index contributed by atoms with van der Waals surface area (Å²) in [7, 11) is -3.59. The maximum atomic E-state index is 12.3. The number of hydrogen-bond acceptors (Lipinski definition) is 6. The molecule has 0 radical (unpaired) electrons. The zero-order valence-electron chi connectivity index (χ0n) is 9.78. The summed E-state index contributed by atoms with van der Waals surface area (Å²) in [4.78, 5) is 3.99. The summed E-state index contributed by atoms with van der Waals surface area (Å²) < 4.78 is 25.9. The molecular weight excluding hydrogens is 256 g/mol. The zero-order valence-corrected chi connectivity index (χ0v) is 10.6. The lowest BCUT2D eigenvalue weighted by Crippen LogP contribution is -2.42. The van der Waals surface area contributed by atoms with Gasteiger partial charge < -0.3 is 10.5 Å². The summed E-state index contributed by atoms with van der Waals surface area (Å²) in [5, 5.41) is 9.54. The average Bonchev–Trinajstić information content (AvgIpc) is 2.39. The summed E-state index contributed by atoms with van der Waals surface area (Å²) in [6, 6.07) is 2.79. The lowest BCUT2D eigenvalue weighted by Gasteiger charge is -2.29. The third kappa shape index (κ3) is 2.61. The van der Waals surface area contributed by atoms with Crippen LogP contribution in [0.4, 0.5) is 5.82 Å². The monoisotopic (exact) mass is 272 g/mol. The molecule has 0 amide bonds. The highest BCUT2D eigenvalue weighted by Gasteiger charge is 2.29. The molecule has 1 atom stereocenters. The highest BCUT2D eigenvalue weighted by Crippen LogP contribution is 2.21. The number of anilines is 1. The van der Waals surface area contributed by atoms with Gasteiger partial charge in [-0.3, -0.25) is 0 Å². The molecule has 0 spiro atoms. The van der Waals surface area contributed by atoms with Gasteiger partial charge in [0.1, 0.15) is 5.82 Å². The van der Waals surface area contributed by atoms with Crippen LogP contribution in [-0.2, 0) is 10.0 Å². The second-order valence-corrected chi connectivity index (χ2v) is 6.12. The quantitative estimate of drug-likeness (QED) is 0.506. The third-order valence-electron chi connectivity index (χ3n) is 2.88. The van der Waals surface area contributed by atoms with Crippen molar-refractivity contribution in [1.82, 2.24) is 9.29 Å². The number of sulfonamides is 1. The number of aromatic nitrogens is 1. The van der Waals surface area contributed by atoms with Gasteiger partial charge in [-0.1, -0.05) is 0 Å². The average molecular weight is 272 g/mol. The Morgan fingerprint density at radius 2 is 2.33 bits per heavy atom. The van der Waals surface area contributed by atoms with Crippen molar-refractivity contribution in [2.45, 2.75) is 23.8 Å². The van der Waals surface area contributed by atoms with Crippen molar-refractivity contribution < 1.29 is 13.5 Å². The Morgan fingerprint density at radius 1 is 1.56 bits per heavy atom. The van der Waals surface area contributed by atoms with E-state index in [-0.39, 0.29) is 17.3 Å². The van der Waals surface area contributed by atoms with Crippen LogP contribution in [-0.4, -0.2) is 42.0 Å². The Morgan fingerprint density at radius 3 is 3.00 bits per heavy atom. The van der Waals surface area contributed by atoms with E-state index >= 15 is 0 Å². The highest BCUT2D eigenvalue weighted by molar-refractivity contribution is 7.89. The van der Waals surface area contributed by atoms with Gasteiger partial charge in [-0.05, 0) is 18.9 Å². The number of nitrogens with one attached hydrogen (secondary N) is 1. The number of piperidine rings is 1. The molecule has 1 aromatic rings. The number of aliphatic hydroxyl groups is 1. The minimum Gasteiger partial charge on any atom is -0.392 e. The molecule has 7 nitrogen and oxygen atoms in total. The number of pyridine rings is 1. The van der Waals surface area contributed by atoms with Crippen LogP contribution in [0.5, 0.6) is 0 Å². The first-order chi connectivity index (χ1) is 8.54. The van der Waals surface area contributed by atoms with Crippen molar-refractivity contribution in [2.24, 2.45) is 5.84 Å². The molecule has 8 heteroatoms. The molecule has 0 aliphatic carbocycles. The summed E-state index contributed by atoms with van der Waals surface area (Å²) >= 11 is 0. The van der Waals surface area contributed by atoms with E-state index in [1.807, 2.05) is 0 Å². The van der Waals surface area contributed by atoms with Crippen LogP contribution in [0.25, 0.3) is 0 Å². The van der Waals surface area contributed by atoms with E-state index in [2.05, 4.69) is 10.4 Å². The highest BCUT2D eigenvalue weighted by atomic mass is 32.2. The zero-order chi connectivity index (χ0) is 13.2. The molecule has 1 aliphatic rings. The van der Waals surface area contributed by atoms with E-state index in [0.717, 1.165) is 0 Å². The van der Waals surface area contributed by atoms with E-state index in [1.165, 1.54) is 22.6 Å². The van der Waals surface area contributed by atoms with Crippen LogP contribution in [0, 0.1) is 0 Å². The molecule has 0 bridgehead atoms. The molecule has 4 N–H and O–H groups in total. The second-order valence-electron chi connectivity index (χ2n) is 4.18. The maximum Gasteiger partial charge on any atom is 0.243 e. The molecule has 1 unspecified atom stereocenters. The van der Waals surface area contributed by atoms with Gasteiger partial charge in [0.2, 0.25) is 10.0 Å². The lowest BCUT2D eigenvalue weighted by molar-refractivity contribution is 0.108. The Labute approximate surface area is 106 Å². The van der Waals surface area contributed by atoms with E-state index in [1.54, 1.807) is 0 Å². The minimum absolute atomic E-state index is 0.125. The molecule has 1 fully saturated rings. The van der Waals surface area contributed by atoms with Gasteiger partial charge in [-0.2, -0.15) is 4.31 Å². The van der Waals surface area contributed by atoms with Crippen LogP contribution >= 0.6 is 0 Å². The topological polar surface area (TPSA) is 109 Å². The number of β-amino-alcohol motifs (C(OH)–C–C–N with tert-alkyl or cyclic N) is 1. The summed E-state index contributed by atoms with van der Waals surface area (Å²) in [5.74, 6) is 5.49. The normalized spacial score (nSPS) is 21.8. The molecule has 1 aromatic heterocycles. The number of hydrazine groups is 1. The minimum atomic E-state index is -3.59. The first kappa shape index (κ1) is 13.2. The van der Waals surface area contributed by atoms with E-state index in [9.17, 15) is 13.5 Å². The van der Waals surface area contributed by atoms with Crippen LogP contribution in [0.15, 0.2) is 23.2 Å². The Balaban J connectivity index is 2.29. The number of hydrogen-bond donors (Lipinski definition) is 3. The Kier molecular flexibility index (Phi) is 3.81. The van der Waals surface area contributed by atoms with Gasteiger partial charge >= 0.3 is 0 Å². The number of aliphatic hydroxyl groups excluding tert-OH is 1. The van der Waals surface area contributed by atoms with Crippen LogP contribution in [0.3, 0.4) is 0 Å². The summed E-state index contributed by atoms with van der Waals surface area (Å²) in [6.07, 6.45) is 2.08. The molecule has 1 aliphatic heterocycles. The van der Waals surface area contributed by atoms with E-state index < -0.39 is 16.1 Å². The lowest BCUT2D eigenvalue weighted by atomic mass is 10.1.